The Bertz CT molecular complexity index is 237. The Kier molecular flexibility index (Phi) is 2.94. The van der Waals surface area contributed by atoms with Crippen LogP contribution < -0.4 is 10.8 Å². The molecule has 1 atom stereocenters. The van der Waals surface area contributed by atoms with Gasteiger partial charge in [-0.05, 0) is 10.9 Å². The quantitative estimate of drug-likeness (QED) is 0.369. The summed E-state index contributed by atoms with van der Waals surface area (Å²) in [7, 11) is 8.29. The van der Waals surface area contributed by atoms with Crippen LogP contribution in [0.5, 0.6) is 0 Å². The van der Waals surface area contributed by atoms with Crippen LogP contribution in [0.25, 0.3) is 0 Å². The first-order valence-corrected chi connectivity index (χ1v) is 4.64. The van der Waals surface area contributed by atoms with Crippen molar-refractivity contribution < 1.29 is 0 Å². The number of rotatable bonds is 1. The molecule has 0 saturated carbocycles. The van der Waals surface area contributed by atoms with Crippen molar-refractivity contribution in [1.29, 1.82) is 0 Å². The lowest BCUT2D eigenvalue weighted by Crippen LogP contribution is -2.21. The Morgan fingerprint density at radius 3 is 2.70 bits per heavy atom. The second-order valence-corrected chi connectivity index (χ2v) is 3.19. The number of hydrogen-bond acceptors (Lipinski definition) is 0. The van der Waals surface area contributed by atoms with E-state index in [0.717, 1.165) is 16.1 Å². The number of hydrogen-bond donors (Lipinski definition) is 0. The molecule has 50 valence electrons. The molecule has 0 aliphatic rings. The van der Waals surface area contributed by atoms with Gasteiger partial charge in [0, 0.05) is 5.33 Å². The van der Waals surface area contributed by atoms with Gasteiger partial charge in [0.1, 0.15) is 7.85 Å². The van der Waals surface area contributed by atoms with Crippen molar-refractivity contribution in [2.45, 2.75) is 5.33 Å². The fourth-order valence-electron chi connectivity index (χ4n) is 0.749. The summed E-state index contributed by atoms with van der Waals surface area (Å²) in [5.74, 6) is 0. The highest BCUT2D eigenvalue weighted by Crippen LogP contribution is 2.02. The fourth-order valence-corrected chi connectivity index (χ4v) is 1.83. The number of benzene rings is 1. The molecule has 1 aromatic rings. The summed E-state index contributed by atoms with van der Waals surface area (Å²) in [5.41, 5.74) is 2.06. The predicted octanol–water partition coefficient (Wildman–Crippen LogP) is 0.876. The third-order valence-electron chi connectivity index (χ3n) is 1.37. The Balaban J connectivity index is 3.14. The molecular weight excluding hydrogens is 206 g/mol. The lowest BCUT2D eigenvalue weighted by molar-refractivity contribution is 1.49. The zero-order chi connectivity index (χ0) is 7.56. The first kappa shape index (κ1) is 8.29. The van der Waals surface area contributed by atoms with Gasteiger partial charge >= 0.3 is 0 Å². The minimum absolute atomic E-state index is 0.835. The van der Waals surface area contributed by atoms with Crippen LogP contribution in [0.3, 0.4) is 0 Å². The molecule has 0 aromatic heterocycles. The van der Waals surface area contributed by atoms with Crippen molar-refractivity contribution in [3.8, 4) is 0 Å². The summed E-state index contributed by atoms with van der Waals surface area (Å²) in [5, 5.41) is 1.95. The average molecular weight is 213 g/mol. The SMILES string of the molecule is [B]c1cccc(CBr)c1P. The topological polar surface area (TPSA) is 0 Å². The first-order chi connectivity index (χ1) is 4.75. The van der Waals surface area contributed by atoms with Gasteiger partial charge in [-0.15, -0.1) is 9.24 Å². The zero-order valence-corrected chi connectivity index (χ0v) is 8.21. The van der Waals surface area contributed by atoms with Crippen LogP contribution in [0.15, 0.2) is 18.2 Å². The number of alkyl halides is 1. The van der Waals surface area contributed by atoms with E-state index in [-0.39, 0.29) is 0 Å². The highest BCUT2D eigenvalue weighted by atomic mass is 79.9. The lowest BCUT2D eigenvalue weighted by atomic mass is 9.94. The molecule has 1 unspecified atom stereocenters. The first-order valence-electron chi connectivity index (χ1n) is 2.94. The Morgan fingerprint density at radius 1 is 1.50 bits per heavy atom. The molecule has 0 saturated heterocycles. The second kappa shape index (κ2) is 3.55. The van der Waals surface area contributed by atoms with Gasteiger partial charge in [-0.2, -0.15) is 0 Å². The van der Waals surface area contributed by atoms with Crippen molar-refractivity contribution in [2.75, 3.05) is 0 Å². The molecule has 0 nitrogen and oxygen atoms in total. The second-order valence-electron chi connectivity index (χ2n) is 2.05. The molecule has 0 amide bonds. The van der Waals surface area contributed by atoms with Gasteiger partial charge in [-0.1, -0.05) is 39.6 Å². The van der Waals surface area contributed by atoms with Gasteiger partial charge in [-0.3, -0.25) is 0 Å². The minimum atomic E-state index is 0.835. The molecule has 0 bridgehead atoms. The van der Waals surface area contributed by atoms with Crippen LogP contribution in [0.1, 0.15) is 5.56 Å². The van der Waals surface area contributed by atoms with Crippen LogP contribution in [-0.4, -0.2) is 7.85 Å². The monoisotopic (exact) mass is 212 g/mol. The van der Waals surface area contributed by atoms with E-state index in [1.807, 2.05) is 18.2 Å². The maximum Gasteiger partial charge on any atom is 0.114 e. The van der Waals surface area contributed by atoms with Crippen LogP contribution in [0.2, 0.25) is 0 Å². The van der Waals surface area contributed by atoms with E-state index >= 15 is 0 Å². The summed E-state index contributed by atoms with van der Waals surface area (Å²) >= 11 is 3.37. The fraction of sp³-hybridized carbons (Fsp3) is 0.143. The van der Waals surface area contributed by atoms with Gasteiger partial charge in [0.15, 0.2) is 0 Å². The van der Waals surface area contributed by atoms with Crippen molar-refractivity contribution in [3.63, 3.8) is 0 Å². The van der Waals surface area contributed by atoms with E-state index in [4.69, 9.17) is 7.85 Å². The molecule has 10 heavy (non-hydrogen) atoms. The molecule has 0 N–H and O–H groups in total. The standard InChI is InChI=1S/C7H7BBrP/c8-6-3-1-2-5(4-9)7(6)10/h1-3H,4,10H2. The third-order valence-corrected chi connectivity index (χ3v) is 2.68. The molecule has 0 spiro atoms. The average Bonchev–Trinajstić information content (AvgIpc) is 1.95. The van der Waals surface area contributed by atoms with Crippen molar-refractivity contribution in [1.82, 2.24) is 0 Å². The summed E-state index contributed by atoms with van der Waals surface area (Å²) in [6, 6.07) is 5.90. The van der Waals surface area contributed by atoms with Gasteiger partial charge < -0.3 is 0 Å². The van der Waals surface area contributed by atoms with Crippen molar-refractivity contribution >= 4 is 43.8 Å². The third kappa shape index (κ3) is 1.62. The Hall–Kier alpha value is 0.195. The van der Waals surface area contributed by atoms with Gasteiger partial charge in [-0.25, -0.2) is 0 Å². The van der Waals surface area contributed by atoms with Gasteiger partial charge in [0.25, 0.3) is 0 Å². The Labute approximate surface area is 73.1 Å². The van der Waals surface area contributed by atoms with Gasteiger partial charge in [0.05, 0.1) is 0 Å². The molecule has 0 heterocycles. The van der Waals surface area contributed by atoms with E-state index in [2.05, 4.69) is 25.2 Å². The van der Waals surface area contributed by atoms with Crippen LogP contribution in [-0.2, 0) is 5.33 Å². The molecule has 0 fully saturated rings. The predicted molar refractivity (Wildman–Crippen MR) is 53.8 cm³/mol. The maximum absolute atomic E-state index is 5.65. The summed E-state index contributed by atoms with van der Waals surface area (Å²) < 4.78 is 0. The van der Waals surface area contributed by atoms with Crippen LogP contribution in [0, 0.1) is 0 Å². The summed E-state index contributed by atoms with van der Waals surface area (Å²) in [4.78, 5) is 0. The molecule has 2 radical (unpaired) electrons. The molecular formula is C7H7BBrP. The zero-order valence-electron chi connectivity index (χ0n) is 5.47. The van der Waals surface area contributed by atoms with E-state index in [1.165, 1.54) is 5.56 Å². The van der Waals surface area contributed by atoms with E-state index in [9.17, 15) is 0 Å². The summed E-state index contributed by atoms with van der Waals surface area (Å²) in [6.45, 7) is 0. The van der Waals surface area contributed by atoms with Crippen LogP contribution >= 0.6 is 25.2 Å². The smallest absolute Gasteiger partial charge is 0.106 e. The minimum Gasteiger partial charge on any atom is -0.106 e. The van der Waals surface area contributed by atoms with Crippen molar-refractivity contribution in [2.24, 2.45) is 0 Å². The van der Waals surface area contributed by atoms with Crippen LogP contribution in [0.4, 0.5) is 0 Å². The summed E-state index contributed by atoms with van der Waals surface area (Å²) in [6.07, 6.45) is 0. The lowest BCUT2D eigenvalue weighted by Gasteiger charge is -2.03. The normalized spacial score (nSPS) is 9.80. The highest BCUT2D eigenvalue weighted by Gasteiger charge is 1.96. The van der Waals surface area contributed by atoms with E-state index in [0.29, 0.717) is 0 Å². The molecule has 3 heteroatoms. The largest absolute Gasteiger partial charge is 0.114 e. The maximum atomic E-state index is 5.65. The Morgan fingerprint density at radius 2 is 2.20 bits per heavy atom. The number of halogens is 1. The van der Waals surface area contributed by atoms with E-state index < -0.39 is 0 Å². The van der Waals surface area contributed by atoms with Crippen molar-refractivity contribution in [3.05, 3.63) is 23.8 Å². The molecule has 0 aliphatic carbocycles. The molecule has 1 aromatic carbocycles. The molecule has 1 rings (SSSR count). The highest BCUT2D eigenvalue weighted by molar-refractivity contribution is 9.08. The van der Waals surface area contributed by atoms with E-state index in [1.54, 1.807) is 0 Å². The molecule has 0 aliphatic heterocycles. The van der Waals surface area contributed by atoms with Gasteiger partial charge in [0.2, 0.25) is 0 Å².